The van der Waals surface area contributed by atoms with E-state index in [9.17, 15) is 18.0 Å². The van der Waals surface area contributed by atoms with Crippen molar-refractivity contribution in [3.05, 3.63) is 64.4 Å². The van der Waals surface area contributed by atoms with Crippen LogP contribution in [0.15, 0.2) is 53.6 Å². The molecule has 1 fully saturated rings. The summed E-state index contributed by atoms with van der Waals surface area (Å²) in [7, 11) is -2.36. The zero-order chi connectivity index (χ0) is 26.3. The average molecular weight is 558 g/mol. The van der Waals surface area contributed by atoms with Gasteiger partial charge in [-0.15, -0.1) is 11.3 Å². The smallest absolute Gasteiger partial charge is 0.283 e. The number of thiazole rings is 1. The lowest BCUT2D eigenvalue weighted by Crippen LogP contribution is -2.57. The Morgan fingerprint density at radius 3 is 2.68 bits per heavy atom. The van der Waals surface area contributed by atoms with Crippen LogP contribution in [0, 0.1) is 6.92 Å². The normalized spacial score (nSPS) is 16.8. The second-order valence-electron chi connectivity index (χ2n) is 8.86. The van der Waals surface area contributed by atoms with Crippen LogP contribution in [0.25, 0.3) is 21.0 Å². The monoisotopic (exact) mass is 557 g/mol. The molecule has 9 nitrogen and oxygen atoms in total. The molecular weight excluding hydrogens is 534 g/mol. The molecule has 3 heterocycles. The second-order valence-corrected chi connectivity index (χ2v) is 12.3. The molecule has 0 aliphatic carbocycles. The molecule has 2 aromatic heterocycles. The molecule has 1 saturated heterocycles. The Morgan fingerprint density at radius 2 is 1.89 bits per heavy atom. The number of rotatable bonds is 5. The Kier molecular flexibility index (Phi) is 6.88. The van der Waals surface area contributed by atoms with Gasteiger partial charge in [0.25, 0.3) is 5.91 Å². The standard InChI is InChI=1S/C25H24ClN5O4S2/c1-15-9-21-22(13-28-15)36-24(29-21)25(33)31-8-7-30(14-19(31)12-23(32)27-2)37(34,35)20-6-4-16-10-18(26)5-3-17(16)11-20/h3-6,9-11,13,19H,7-8,12,14H2,1-2H3,(H,27,32). The van der Waals surface area contributed by atoms with Gasteiger partial charge in [0.1, 0.15) is 0 Å². The van der Waals surface area contributed by atoms with Crippen molar-refractivity contribution in [2.45, 2.75) is 24.3 Å². The van der Waals surface area contributed by atoms with Crippen LogP contribution in [-0.4, -0.2) is 72.1 Å². The molecule has 37 heavy (non-hydrogen) atoms. The van der Waals surface area contributed by atoms with E-state index in [1.165, 1.54) is 22.7 Å². The number of halogens is 1. The van der Waals surface area contributed by atoms with E-state index in [-0.39, 0.29) is 47.8 Å². The van der Waals surface area contributed by atoms with Crippen LogP contribution in [0.3, 0.4) is 0 Å². The summed E-state index contributed by atoms with van der Waals surface area (Å²) in [6.45, 7) is 2.08. The van der Waals surface area contributed by atoms with Crippen LogP contribution in [0.1, 0.15) is 21.9 Å². The maximum absolute atomic E-state index is 13.6. The number of pyridine rings is 1. The Balaban J connectivity index is 1.43. The van der Waals surface area contributed by atoms with Crippen molar-refractivity contribution in [1.82, 2.24) is 24.5 Å². The minimum absolute atomic E-state index is 0.00823. The highest BCUT2D eigenvalue weighted by molar-refractivity contribution is 7.89. The molecule has 1 aliphatic heterocycles. The first-order valence-corrected chi connectivity index (χ1v) is 14.2. The number of piperazine rings is 1. The summed E-state index contributed by atoms with van der Waals surface area (Å²) in [6, 6.07) is 11.3. The minimum Gasteiger partial charge on any atom is -0.359 e. The van der Waals surface area contributed by atoms with Crippen molar-refractivity contribution in [1.29, 1.82) is 0 Å². The fraction of sp³-hybridized carbons (Fsp3) is 0.280. The highest BCUT2D eigenvalue weighted by atomic mass is 35.5. The van der Waals surface area contributed by atoms with Gasteiger partial charge in [-0.3, -0.25) is 14.6 Å². The summed E-state index contributed by atoms with van der Waals surface area (Å²) in [5.41, 5.74) is 1.48. The number of hydrogen-bond acceptors (Lipinski definition) is 7. The molecule has 0 spiro atoms. The Hall–Kier alpha value is -3.12. The lowest BCUT2D eigenvalue weighted by molar-refractivity contribution is -0.121. The predicted molar refractivity (Wildman–Crippen MR) is 143 cm³/mol. The van der Waals surface area contributed by atoms with Gasteiger partial charge >= 0.3 is 0 Å². The van der Waals surface area contributed by atoms with Crippen LogP contribution in [-0.2, 0) is 14.8 Å². The van der Waals surface area contributed by atoms with Gasteiger partial charge in [-0.25, -0.2) is 13.4 Å². The van der Waals surface area contributed by atoms with Crippen LogP contribution >= 0.6 is 22.9 Å². The van der Waals surface area contributed by atoms with Crippen LogP contribution in [0.5, 0.6) is 0 Å². The predicted octanol–water partition coefficient (Wildman–Crippen LogP) is 3.46. The van der Waals surface area contributed by atoms with E-state index in [1.54, 1.807) is 47.5 Å². The molecule has 1 N–H and O–H groups in total. The lowest BCUT2D eigenvalue weighted by Gasteiger charge is -2.40. The summed E-state index contributed by atoms with van der Waals surface area (Å²) in [5.74, 6) is -0.610. The molecule has 4 aromatic rings. The second kappa shape index (κ2) is 9.97. The van der Waals surface area contributed by atoms with E-state index >= 15 is 0 Å². The molecule has 2 aromatic carbocycles. The fourth-order valence-electron chi connectivity index (χ4n) is 4.46. The van der Waals surface area contributed by atoms with Crippen LogP contribution in [0.4, 0.5) is 0 Å². The third-order valence-corrected chi connectivity index (χ3v) is 9.50. The molecular formula is C25H24ClN5O4S2. The van der Waals surface area contributed by atoms with Crippen molar-refractivity contribution >= 4 is 65.8 Å². The van der Waals surface area contributed by atoms with Gasteiger partial charge in [-0.2, -0.15) is 4.31 Å². The fourth-order valence-corrected chi connectivity index (χ4v) is 7.01. The molecule has 0 radical (unpaired) electrons. The number of nitrogens with zero attached hydrogens (tertiary/aromatic N) is 4. The first-order valence-electron chi connectivity index (χ1n) is 11.6. The van der Waals surface area contributed by atoms with E-state index in [2.05, 4.69) is 15.3 Å². The van der Waals surface area contributed by atoms with Gasteiger partial charge in [0, 0.05) is 50.0 Å². The summed E-state index contributed by atoms with van der Waals surface area (Å²) < 4.78 is 29.3. The average Bonchev–Trinajstić information content (AvgIpc) is 3.31. The quantitative estimate of drug-likeness (QED) is 0.402. The van der Waals surface area contributed by atoms with Crippen LogP contribution < -0.4 is 5.32 Å². The molecule has 0 saturated carbocycles. The first kappa shape index (κ1) is 25.5. The Labute approximate surface area is 223 Å². The molecule has 192 valence electrons. The minimum atomic E-state index is -3.87. The van der Waals surface area contributed by atoms with E-state index in [0.717, 1.165) is 21.2 Å². The molecule has 1 unspecified atom stereocenters. The Bertz CT molecular complexity index is 1640. The number of carbonyl (C=O) groups excluding carboxylic acids is 2. The summed E-state index contributed by atoms with van der Waals surface area (Å²) in [4.78, 5) is 36.2. The zero-order valence-corrected chi connectivity index (χ0v) is 22.5. The lowest BCUT2D eigenvalue weighted by atomic mass is 10.1. The molecule has 1 aliphatic rings. The van der Waals surface area contributed by atoms with Gasteiger partial charge in [-0.05, 0) is 48.0 Å². The van der Waals surface area contributed by atoms with E-state index in [0.29, 0.717) is 10.5 Å². The maximum atomic E-state index is 13.6. The van der Waals surface area contributed by atoms with Gasteiger partial charge < -0.3 is 10.2 Å². The van der Waals surface area contributed by atoms with Crippen LogP contribution in [0.2, 0.25) is 5.02 Å². The number of sulfonamides is 1. The SMILES string of the molecule is CNC(=O)CC1CN(S(=O)(=O)c2ccc3cc(Cl)ccc3c2)CCN1C(=O)c1nc2cc(C)ncc2s1. The number of hydrogen-bond donors (Lipinski definition) is 1. The number of benzene rings is 2. The van der Waals surface area contributed by atoms with Crippen molar-refractivity contribution in [3.8, 4) is 0 Å². The summed E-state index contributed by atoms with van der Waals surface area (Å²) in [6.07, 6.45) is 1.65. The van der Waals surface area contributed by atoms with Gasteiger partial charge in [-0.1, -0.05) is 23.7 Å². The van der Waals surface area contributed by atoms with Gasteiger partial charge in [0.2, 0.25) is 15.9 Å². The van der Waals surface area contributed by atoms with E-state index in [4.69, 9.17) is 11.6 Å². The Morgan fingerprint density at radius 1 is 1.14 bits per heavy atom. The largest absolute Gasteiger partial charge is 0.359 e. The molecule has 5 rings (SSSR count). The van der Waals surface area contributed by atoms with Crippen molar-refractivity contribution in [2.75, 3.05) is 26.7 Å². The maximum Gasteiger partial charge on any atom is 0.283 e. The summed E-state index contributed by atoms with van der Waals surface area (Å²) >= 11 is 7.29. The molecule has 1 atom stereocenters. The highest BCUT2D eigenvalue weighted by Gasteiger charge is 2.38. The number of nitrogens with one attached hydrogen (secondary N) is 1. The topological polar surface area (TPSA) is 113 Å². The molecule has 2 amide bonds. The third-order valence-electron chi connectivity index (χ3n) is 6.41. The highest BCUT2D eigenvalue weighted by Crippen LogP contribution is 2.28. The molecule has 12 heteroatoms. The van der Waals surface area contributed by atoms with E-state index in [1.807, 2.05) is 13.0 Å². The molecule has 0 bridgehead atoms. The van der Waals surface area contributed by atoms with Crippen molar-refractivity contribution in [2.24, 2.45) is 0 Å². The van der Waals surface area contributed by atoms with Crippen molar-refractivity contribution in [3.63, 3.8) is 0 Å². The summed E-state index contributed by atoms with van der Waals surface area (Å²) in [5, 5.41) is 5.01. The van der Waals surface area contributed by atoms with Crippen molar-refractivity contribution < 1.29 is 18.0 Å². The van der Waals surface area contributed by atoms with Gasteiger partial charge in [0.15, 0.2) is 5.01 Å². The zero-order valence-electron chi connectivity index (χ0n) is 20.1. The number of aromatic nitrogens is 2. The number of aryl methyl sites for hydroxylation is 1. The van der Waals surface area contributed by atoms with E-state index < -0.39 is 16.1 Å². The number of fused-ring (bicyclic) bond motifs is 2. The number of carbonyl (C=O) groups is 2. The third kappa shape index (κ3) is 5.04. The number of amides is 2. The van der Waals surface area contributed by atoms with Gasteiger partial charge in [0.05, 0.1) is 21.2 Å². The first-order chi connectivity index (χ1) is 17.7.